The van der Waals surface area contributed by atoms with Gasteiger partial charge in [0.15, 0.2) is 5.96 Å². The standard InChI is InChI=1S/C14H19BrFN3.HI/c1-17-14(19-9-10-2-3-10)18-7-6-11-8-12(15)4-5-13(11)16;/h4-5,8,10H,2-3,6-7,9H2,1H3,(H2,17,18,19);1H. The zero-order chi connectivity index (χ0) is 13.7. The second-order valence-corrected chi connectivity index (χ2v) is 5.72. The van der Waals surface area contributed by atoms with E-state index in [1.165, 1.54) is 18.9 Å². The van der Waals surface area contributed by atoms with E-state index in [1.807, 2.05) is 6.07 Å². The molecule has 2 rings (SSSR count). The second-order valence-electron chi connectivity index (χ2n) is 4.81. The molecule has 0 bridgehead atoms. The molecule has 0 radical (unpaired) electrons. The summed E-state index contributed by atoms with van der Waals surface area (Å²) in [5.74, 6) is 1.44. The molecular weight excluding hydrogens is 436 g/mol. The molecule has 0 amide bonds. The summed E-state index contributed by atoms with van der Waals surface area (Å²) in [5.41, 5.74) is 0.708. The summed E-state index contributed by atoms with van der Waals surface area (Å²) in [6.07, 6.45) is 3.26. The van der Waals surface area contributed by atoms with Crippen LogP contribution in [-0.2, 0) is 6.42 Å². The molecule has 1 aromatic carbocycles. The molecule has 112 valence electrons. The first-order chi connectivity index (χ1) is 9.19. The third kappa shape index (κ3) is 5.95. The van der Waals surface area contributed by atoms with Crippen molar-refractivity contribution in [1.29, 1.82) is 0 Å². The van der Waals surface area contributed by atoms with Crippen LogP contribution in [0.3, 0.4) is 0 Å². The van der Waals surface area contributed by atoms with Gasteiger partial charge in [0.05, 0.1) is 0 Å². The molecule has 1 fully saturated rings. The van der Waals surface area contributed by atoms with Crippen molar-refractivity contribution in [2.45, 2.75) is 19.3 Å². The predicted octanol–water partition coefficient (Wildman–Crippen LogP) is 3.32. The van der Waals surface area contributed by atoms with E-state index in [4.69, 9.17) is 0 Å². The molecule has 0 spiro atoms. The Morgan fingerprint density at radius 2 is 2.15 bits per heavy atom. The smallest absolute Gasteiger partial charge is 0.190 e. The number of guanidine groups is 1. The fourth-order valence-corrected chi connectivity index (χ4v) is 2.24. The van der Waals surface area contributed by atoms with E-state index in [0.717, 1.165) is 22.9 Å². The van der Waals surface area contributed by atoms with Gasteiger partial charge in [0, 0.05) is 24.6 Å². The number of hydrogen-bond donors (Lipinski definition) is 2. The van der Waals surface area contributed by atoms with Crippen LogP contribution in [0.25, 0.3) is 0 Å². The first kappa shape index (κ1) is 17.7. The van der Waals surface area contributed by atoms with Gasteiger partial charge in [-0.2, -0.15) is 0 Å². The summed E-state index contributed by atoms with van der Waals surface area (Å²) in [5, 5.41) is 6.48. The van der Waals surface area contributed by atoms with E-state index in [2.05, 4.69) is 31.6 Å². The second kappa shape index (κ2) is 8.81. The lowest BCUT2D eigenvalue weighted by Gasteiger charge is -2.11. The normalized spacial score (nSPS) is 14.7. The summed E-state index contributed by atoms with van der Waals surface area (Å²) in [4.78, 5) is 4.15. The van der Waals surface area contributed by atoms with Gasteiger partial charge in [0.2, 0.25) is 0 Å². The monoisotopic (exact) mass is 455 g/mol. The minimum absolute atomic E-state index is 0. The number of aliphatic imine (C=N–C) groups is 1. The number of halogens is 3. The number of hydrogen-bond acceptors (Lipinski definition) is 1. The number of nitrogens with one attached hydrogen (secondary N) is 2. The van der Waals surface area contributed by atoms with E-state index >= 15 is 0 Å². The van der Waals surface area contributed by atoms with Crippen molar-refractivity contribution < 1.29 is 4.39 Å². The van der Waals surface area contributed by atoms with Gasteiger partial charge in [-0.15, -0.1) is 24.0 Å². The fourth-order valence-electron chi connectivity index (χ4n) is 1.83. The van der Waals surface area contributed by atoms with Gasteiger partial charge in [-0.25, -0.2) is 4.39 Å². The van der Waals surface area contributed by atoms with Crippen LogP contribution in [0, 0.1) is 11.7 Å². The van der Waals surface area contributed by atoms with Crippen LogP contribution in [0.2, 0.25) is 0 Å². The van der Waals surface area contributed by atoms with Crippen molar-refractivity contribution in [2.75, 3.05) is 20.1 Å². The molecule has 20 heavy (non-hydrogen) atoms. The molecule has 0 unspecified atom stereocenters. The summed E-state index contributed by atoms with van der Waals surface area (Å²) in [6, 6.07) is 5.01. The quantitative estimate of drug-likeness (QED) is 0.406. The lowest BCUT2D eigenvalue weighted by Crippen LogP contribution is -2.39. The Morgan fingerprint density at radius 3 is 2.80 bits per heavy atom. The highest BCUT2D eigenvalue weighted by molar-refractivity contribution is 14.0. The Labute approximate surface area is 145 Å². The number of nitrogens with zero attached hydrogens (tertiary/aromatic N) is 1. The molecule has 2 N–H and O–H groups in total. The Morgan fingerprint density at radius 1 is 1.40 bits per heavy atom. The maximum absolute atomic E-state index is 13.5. The van der Waals surface area contributed by atoms with E-state index < -0.39 is 0 Å². The minimum atomic E-state index is -0.161. The molecule has 1 aliphatic rings. The van der Waals surface area contributed by atoms with Crippen molar-refractivity contribution in [1.82, 2.24) is 10.6 Å². The van der Waals surface area contributed by atoms with E-state index in [0.29, 0.717) is 18.5 Å². The van der Waals surface area contributed by atoms with Gasteiger partial charge >= 0.3 is 0 Å². The van der Waals surface area contributed by atoms with Gasteiger partial charge in [0.25, 0.3) is 0 Å². The maximum atomic E-state index is 13.5. The number of rotatable bonds is 5. The zero-order valence-corrected chi connectivity index (χ0v) is 15.4. The van der Waals surface area contributed by atoms with Gasteiger partial charge in [-0.3, -0.25) is 4.99 Å². The average molecular weight is 456 g/mol. The van der Waals surface area contributed by atoms with Crippen molar-refractivity contribution >= 4 is 45.9 Å². The topological polar surface area (TPSA) is 36.4 Å². The summed E-state index contributed by atoms with van der Waals surface area (Å²) in [7, 11) is 1.75. The highest BCUT2D eigenvalue weighted by atomic mass is 127. The molecular formula is C14H20BrFIN3. The minimum Gasteiger partial charge on any atom is -0.356 e. The molecule has 6 heteroatoms. The van der Waals surface area contributed by atoms with E-state index in [-0.39, 0.29) is 29.8 Å². The van der Waals surface area contributed by atoms with Crippen molar-refractivity contribution in [3.05, 3.63) is 34.1 Å². The summed E-state index contributed by atoms with van der Waals surface area (Å²) >= 11 is 3.36. The Hall–Kier alpha value is -0.370. The molecule has 0 atom stereocenters. The van der Waals surface area contributed by atoms with Crippen molar-refractivity contribution in [2.24, 2.45) is 10.9 Å². The fraction of sp³-hybridized carbons (Fsp3) is 0.500. The lowest BCUT2D eigenvalue weighted by atomic mass is 10.1. The maximum Gasteiger partial charge on any atom is 0.190 e. The van der Waals surface area contributed by atoms with Crippen LogP contribution in [0.1, 0.15) is 18.4 Å². The molecule has 1 saturated carbocycles. The molecule has 3 nitrogen and oxygen atoms in total. The molecule has 0 heterocycles. The Balaban J connectivity index is 0.00000200. The predicted molar refractivity (Wildman–Crippen MR) is 95.3 cm³/mol. The largest absolute Gasteiger partial charge is 0.356 e. The van der Waals surface area contributed by atoms with E-state index in [1.54, 1.807) is 13.1 Å². The molecule has 1 aliphatic carbocycles. The molecule has 1 aromatic rings. The highest BCUT2D eigenvalue weighted by Crippen LogP contribution is 2.27. The SMILES string of the molecule is CN=C(NCCc1cc(Br)ccc1F)NCC1CC1.I. The Bertz CT molecular complexity index is 464. The van der Waals surface area contributed by atoms with Gasteiger partial charge < -0.3 is 10.6 Å². The van der Waals surface area contributed by atoms with E-state index in [9.17, 15) is 4.39 Å². The van der Waals surface area contributed by atoms with Gasteiger partial charge in [-0.05, 0) is 48.9 Å². The first-order valence-electron chi connectivity index (χ1n) is 6.57. The highest BCUT2D eigenvalue weighted by Gasteiger charge is 2.20. The van der Waals surface area contributed by atoms with Crippen LogP contribution in [0.5, 0.6) is 0 Å². The van der Waals surface area contributed by atoms with Gasteiger partial charge in [0.1, 0.15) is 5.82 Å². The molecule has 0 saturated heterocycles. The summed E-state index contributed by atoms with van der Waals surface area (Å²) < 4.78 is 14.4. The van der Waals surface area contributed by atoms with Crippen LogP contribution >= 0.6 is 39.9 Å². The summed E-state index contributed by atoms with van der Waals surface area (Å²) in [6.45, 7) is 1.64. The lowest BCUT2D eigenvalue weighted by molar-refractivity contribution is 0.606. The van der Waals surface area contributed by atoms with Crippen LogP contribution in [0.15, 0.2) is 27.7 Å². The average Bonchev–Trinajstić information content (AvgIpc) is 3.21. The zero-order valence-electron chi connectivity index (χ0n) is 11.5. The van der Waals surface area contributed by atoms with Crippen molar-refractivity contribution in [3.8, 4) is 0 Å². The van der Waals surface area contributed by atoms with Crippen LogP contribution in [0.4, 0.5) is 4.39 Å². The first-order valence-corrected chi connectivity index (χ1v) is 7.37. The van der Waals surface area contributed by atoms with Crippen molar-refractivity contribution in [3.63, 3.8) is 0 Å². The molecule has 0 aliphatic heterocycles. The molecule has 0 aromatic heterocycles. The number of benzene rings is 1. The van der Waals surface area contributed by atoms with Crippen LogP contribution in [-0.4, -0.2) is 26.1 Å². The third-order valence-electron chi connectivity index (χ3n) is 3.17. The van der Waals surface area contributed by atoms with Crippen LogP contribution < -0.4 is 10.6 Å². The third-order valence-corrected chi connectivity index (χ3v) is 3.67. The Kier molecular flexibility index (Phi) is 7.79. The van der Waals surface area contributed by atoms with Gasteiger partial charge in [-0.1, -0.05) is 15.9 Å².